The van der Waals surface area contributed by atoms with E-state index in [1.165, 1.54) is 31.4 Å². The van der Waals surface area contributed by atoms with Crippen LogP contribution in [0.4, 0.5) is 5.69 Å². The number of nitrogens with zero attached hydrogens (tertiary/aromatic N) is 1. The lowest BCUT2D eigenvalue weighted by Gasteiger charge is -2.25. The van der Waals surface area contributed by atoms with E-state index in [4.69, 9.17) is 14.2 Å². The average molecular weight is 444 g/mol. The van der Waals surface area contributed by atoms with Crippen molar-refractivity contribution >= 4 is 23.5 Å². The molecule has 10 heteroatoms. The number of ether oxygens (including phenoxy) is 3. The zero-order valence-corrected chi connectivity index (χ0v) is 17.7. The summed E-state index contributed by atoms with van der Waals surface area (Å²) in [5.74, 6) is -2.88. The number of nitrogens with one attached hydrogen (secondary N) is 1. The number of amides is 1. The normalized spacial score (nSPS) is 12.3. The van der Waals surface area contributed by atoms with Gasteiger partial charge in [0.05, 0.1) is 32.2 Å². The number of hydrogen-bond acceptors (Lipinski definition) is 8. The van der Waals surface area contributed by atoms with Crippen LogP contribution in [-0.2, 0) is 35.2 Å². The molecule has 0 aliphatic heterocycles. The molecule has 0 spiro atoms. The molecule has 0 aromatic heterocycles. The Morgan fingerprint density at radius 1 is 1.00 bits per heavy atom. The molecule has 2 aromatic rings. The SMILES string of the molecule is COC(=O)C[C@@H](c1ccc([N+](=O)[O-])cc1)[C@H](NC(=O)COCc1ccccc1)C(=O)OC. The minimum absolute atomic E-state index is 0.154. The van der Waals surface area contributed by atoms with E-state index in [1.54, 1.807) is 0 Å². The lowest BCUT2D eigenvalue weighted by Crippen LogP contribution is -2.47. The van der Waals surface area contributed by atoms with Crippen molar-refractivity contribution in [3.63, 3.8) is 0 Å². The van der Waals surface area contributed by atoms with Crippen LogP contribution < -0.4 is 5.32 Å². The van der Waals surface area contributed by atoms with Crippen molar-refractivity contribution in [1.29, 1.82) is 0 Å². The molecule has 2 aromatic carbocycles. The molecule has 2 rings (SSSR count). The Morgan fingerprint density at radius 2 is 1.66 bits per heavy atom. The molecule has 0 aliphatic carbocycles. The second kappa shape index (κ2) is 12.2. The molecular weight excluding hydrogens is 420 g/mol. The molecule has 2 atom stereocenters. The van der Waals surface area contributed by atoms with Crippen LogP contribution >= 0.6 is 0 Å². The molecule has 0 bridgehead atoms. The fraction of sp³-hybridized carbons (Fsp3) is 0.318. The zero-order valence-electron chi connectivity index (χ0n) is 17.7. The third-order valence-corrected chi connectivity index (χ3v) is 4.66. The van der Waals surface area contributed by atoms with Crippen molar-refractivity contribution < 1.29 is 33.5 Å². The fourth-order valence-electron chi connectivity index (χ4n) is 3.04. The largest absolute Gasteiger partial charge is 0.469 e. The highest BCUT2D eigenvalue weighted by atomic mass is 16.6. The van der Waals surface area contributed by atoms with Gasteiger partial charge in [-0.25, -0.2) is 4.79 Å². The van der Waals surface area contributed by atoms with Gasteiger partial charge in [-0.15, -0.1) is 0 Å². The number of carbonyl (C=O) groups is 3. The standard InChI is InChI=1S/C22H24N2O8/c1-30-20(26)12-18(16-8-10-17(11-9-16)24(28)29)21(22(27)31-2)23-19(25)14-32-13-15-6-4-3-5-7-15/h3-11,18,21H,12-14H2,1-2H3,(H,23,25)/t18-,21-/m0/s1. The summed E-state index contributed by atoms with van der Waals surface area (Å²) in [5, 5.41) is 13.5. The molecule has 10 nitrogen and oxygen atoms in total. The number of benzene rings is 2. The topological polar surface area (TPSA) is 134 Å². The lowest BCUT2D eigenvalue weighted by molar-refractivity contribution is -0.384. The Labute approximate surface area is 184 Å². The predicted molar refractivity (Wildman–Crippen MR) is 113 cm³/mol. The first-order valence-corrected chi connectivity index (χ1v) is 9.65. The van der Waals surface area contributed by atoms with Crippen LogP contribution in [0, 0.1) is 10.1 Å². The third kappa shape index (κ3) is 7.17. The van der Waals surface area contributed by atoms with Gasteiger partial charge < -0.3 is 19.5 Å². The summed E-state index contributed by atoms with van der Waals surface area (Å²) < 4.78 is 14.9. The van der Waals surface area contributed by atoms with Gasteiger partial charge in [-0.3, -0.25) is 19.7 Å². The smallest absolute Gasteiger partial charge is 0.329 e. The molecule has 0 heterocycles. The first-order chi connectivity index (χ1) is 15.3. The van der Waals surface area contributed by atoms with Crippen molar-refractivity contribution in [2.45, 2.75) is 25.0 Å². The number of nitro groups is 1. The minimum atomic E-state index is -1.24. The summed E-state index contributed by atoms with van der Waals surface area (Å²) in [7, 11) is 2.34. The first kappa shape index (κ1) is 24.5. The van der Waals surface area contributed by atoms with E-state index in [0.717, 1.165) is 12.7 Å². The van der Waals surface area contributed by atoms with Crippen LogP contribution in [0.25, 0.3) is 0 Å². The highest BCUT2D eigenvalue weighted by Crippen LogP contribution is 2.27. The van der Waals surface area contributed by atoms with Gasteiger partial charge in [0.2, 0.25) is 5.91 Å². The van der Waals surface area contributed by atoms with Gasteiger partial charge in [0, 0.05) is 18.1 Å². The number of rotatable bonds is 11. The molecule has 170 valence electrons. The molecular formula is C22H24N2O8. The quantitative estimate of drug-likeness (QED) is 0.316. The molecule has 32 heavy (non-hydrogen) atoms. The number of carbonyl (C=O) groups excluding carboxylic acids is 3. The van der Waals surface area contributed by atoms with E-state index in [1.807, 2.05) is 30.3 Å². The van der Waals surface area contributed by atoms with Gasteiger partial charge in [0.25, 0.3) is 5.69 Å². The summed E-state index contributed by atoms with van der Waals surface area (Å²) >= 11 is 0. The maximum Gasteiger partial charge on any atom is 0.329 e. The van der Waals surface area contributed by atoms with Crippen LogP contribution in [0.2, 0.25) is 0 Å². The van der Waals surface area contributed by atoms with Crippen molar-refractivity contribution in [3.8, 4) is 0 Å². The number of hydrogen-bond donors (Lipinski definition) is 1. The number of non-ortho nitro benzene ring substituents is 1. The van der Waals surface area contributed by atoms with E-state index in [9.17, 15) is 24.5 Å². The summed E-state index contributed by atoms with van der Waals surface area (Å²) in [6.07, 6.45) is -0.265. The highest BCUT2D eigenvalue weighted by Gasteiger charge is 2.34. The van der Waals surface area contributed by atoms with Gasteiger partial charge in [-0.2, -0.15) is 0 Å². The van der Waals surface area contributed by atoms with Gasteiger partial charge in [0.1, 0.15) is 12.6 Å². The van der Waals surface area contributed by atoms with Crippen molar-refractivity contribution in [2.24, 2.45) is 0 Å². The second-order valence-corrected chi connectivity index (χ2v) is 6.78. The minimum Gasteiger partial charge on any atom is -0.469 e. The molecule has 0 aliphatic rings. The van der Waals surface area contributed by atoms with E-state index < -0.39 is 34.7 Å². The van der Waals surface area contributed by atoms with Gasteiger partial charge >= 0.3 is 11.9 Å². The zero-order chi connectivity index (χ0) is 23.5. The maximum atomic E-state index is 12.5. The number of esters is 2. The Bertz CT molecular complexity index is 931. The molecule has 0 saturated heterocycles. The maximum absolute atomic E-state index is 12.5. The Kier molecular flexibility index (Phi) is 9.30. The Hall–Kier alpha value is -3.79. The van der Waals surface area contributed by atoms with Crippen LogP contribution in [0.5, 0.6) is 0 Å². The molecule has 0 saturated carbocycles. The monoisotopic (exact) mass is 444 g/mol. The average Bonchev–Trinajstić information content (AvgIpc) is 2.81. The fourth-order valence-corrected chi connectivity index (χ4v) is 3.04. The van der Waals surface area contributed by atoms with Crippen molar-refractivity contribution in [1.82, 2.24) is 5.32 Å². The molecule has 0 fully saturated rings. The van der Waals surface area contributed by atoms with E-state index in [2.05, 4.69) is 5.32 Å². The summed E-state index contributed by atoms with van der Waals surface area (Å²) in [4.78, 5) is 47.3. The predicted octanol–water partition coefficient (Wildman–Crippen LogP) is 2.12. The summed E-state index contributed by atoms with van der Waals surface area (Å²) in [6, 6.07) is 13.3. The molecule has 0 radical (unpaired) electrons. The second-order valence-electron chi connectivity index (χ2n) is 6.78. The van der Waals surface area contributed by atoms with Crippen LogP contribution in [0.15, 0.2) is 54.6 Å². The highest BCUT2D eigenvalue weighted by molar-refractivity contribution is 5.86. The van der Waals surface area contributed by atoms with Crippen LogP contribution in [-0.4, -0.2) is 49.6 Å². The van der Waals surface area contributed by atoms with Gasteiger partial charge in [0.15, 0.2) is 0 Å². The van der Waals surface area contributed by atoms with Gasteiger partial charge in [-0.1, -0.05) is 42.5 Å². The van der Waals surface area contributed by atoms with Crippen molar-refractivity contribution in [3.05, 3.63) is 75.8 Å². The first-order valence-electron chi connectivity index (χ1n) is 9.65. The van der Waals surface area contributed by atoms with E-state index in [-0.39, 0.29) is 25.3 Å². The van der Waals surface area contributed by atoms with Crippen LogP contribution in [0.3, 0.4) is 0 Å². The van der Waals surface area contributed by atoms with E-state index in [0.29, 0.717) is 5.56 Å². The number of methoxy groups -OCH3 is 2. The van der Waals surface area contributed by atoms with E-state index >= 15 is 0 Å². The Morgan fingerprint density at radius 3 is 2.22 bits per heavy atom. The molecule has 0 unspecified atom stereocenters. The lowest BCUT2D eigenvalue weighted by atomic mass is 9.88. The molecule has 1 amide bonds. The third-order valence-electron chi connectivity index (χ3n) is 4.66. The summed E-state index contributed by atoms with van der Waals surface area (Å²) in [5.41, 5.74) is 1.14. The number of nitro benzene ring substituents is 1. The van der Waals surface area contributed by atoms with Crippen molar-refractivity contribution in [2.75, 3.05) is 20.8 Å². The van der Waals surface area contributed by atoms with Crippen LogP contribution in [0.1, 0.15) is 23.5 Å². The van der Waals surface area contributed by atoms with Gasteiger partial charge in [-0.05, 0) is 11.1 Å². The Balaban J connectivity index is 2.17. The summed E-state index contributed by atoms with van der Waals surface area (Å²) in [6.45, 7) is -0.126. The molecule has 1 N–H and O–H groups in total.